The molecule has 0 fully saturated rings. The van der Waals surface area contributed by atoms with Crippen molar-refractivity contribution in [3.05, 3.63) is 58.9 Å². The average molecular weight is 438 g/mol. The summed E-state index contributed by atoms with van der Waals surface area (Å²) < 4.78 is 18.5. The summed E-state index contributed by atoms with van der Waals surface area (Å²) in [4.78, 5) is 14.7. The van der Waals surface area contributed by atoms with Gasteiger partial charge in [-0.1, -0.05) is 30.3 Å². The summed E-state index contributed by atoms with van der Waals surface area (Å²) in [6.07, 6.45) is 1.40. The highest BCUT2D eigenvalue weighted by Crippen LogP contribution is 2.47. The smallest absolute Gasteiger partial charge is 0.254 e. The number of ether oxygens (including phenoxy) is 3. The molecule has 0 radical (unpaired) electrons. The van der Waals surface area contributed by atoms with Crippen molar-refractivity contribution in [2.24, 2.45) is 0 Å². The molecular weight excluding hydrogens is 410 g/mol. The molecule has 9 heteroatoms. The molecule has 0 aliphatic carbocycles. The molecule has 1 aliphatic heterocycles. The number of aromatic nitrogens is 4. The van der Waals surface area contributed by atoms with E-state index in [-0.39, 0.29) is 11.8 Å². The van der Waals surface area contributed by atoms with Gasteiger partial charge in [0.05, 0.1) is 33.4 Å². The van der Waals surface area contributed by atoms with E-state index in [1.165, 1.54) is 0 Å². The summed E-state index contributed by atoms with van der Waals surface area (Å²) in [7, 11) is 6.50. The standard InChI is InChI=1S/C23H27N5O4/c1-27-14-16(10-11-19-24-25-26-28(19)13-15-8-6-5-7-9-15)20-17(23(27)29)12-18(30-2)21(31-3)22(20)32-4/h5-9,12,16H,10-11,13-14H2,1-4H3. The summed E-state index contributed by atoms with van der Waals surface area (Å²) in [6, 6.07) is 11.8. The zero-order valence-corrected chi connectivity index (χ0v) is 18.7. The Morgan fingerprint density at radius 3 is 2.50 bits per heavy atom. The van der Waals surface area contributed by atoms with Crippen molar-refractivity contribution < 1.29 is 19.0 Å². The van der Waals surface area contributed by atoms with Gasteiger partial charge in [0.25, 0.3) is 5.91 Å². The van der Waals surface area contributed by atoms with Crippen LogP contribution in [-0.4, -0.2) is 65.9 Å². The van der Waals surface area contributed by atoms with Crippen LogP contribution in [0.4, 0.5) is 0 Å². The van der Waals surface area contributed by atoms with Crippen LogP contribution in [0.1, 0.15) is 39.6 Å². The predicted molar refractivity (Wildman–Crippen MR) is 117 cm³/mol. The first-order chi connectivity index (χ1) is 15.6. The maximum absolute atomic E-state index is 12.9. The van der Waals surface area contributed by atoms with Gasteiger partial charge >= 0.3 is 0 Å². The van der Waals surface area contributed by atoms with Crippen molar-refractivity contribution in [3.63, 3.8) is 0 Å². The largest absolute Gasteiger partial charge is 0.493 e. The van der Waals surface area contributed by atoms with Gasteiger partial charge in [-0.15, -0.1) is 5.10 Å². The van der Waals surface area contributed by atoms with Crippen LogP contribution in [0.3, 0.4) is 0 Å². The number of methoxy groups -OCH3 is 3. The number of hydrogen-bond acceptors (Lipinski definition) is 7. The van der Waals surface area contributed by atoms with Gasteiger partial charge in [-0.2, -0.15) is 0 Å². The molecule has 1 aliphatic rings. The van der Waals surface area contributed by atoms with Crippen molar-refractivity contribution in [1.82, 2.24) is 25.1 Å². The van der Waals surface area contributed by atoms with Gasteiger partial charge in [0.1, 0.15) is 0 Å². The zero-order chi connectivity index (χ0) is 22.7. The molecule has 4 rings (SSSR count). The summed E-state index contributed by atoms with van der Waals surface area (Å²) in [5.41, 5.74) is 2.55. The first kappa shape index (κ1) is 21.6. The zero-order valence-electron chi connectivity index (χ0n) is 18.7. The Morgan fingerprint density at radius 2 is 1.81 bits per heavy atom. The van der Waals surface area contributed by atoms with E-state index in [2.05, 4.69) is 15.5 Å². The fourth-order valence-electron chi connectivity index (χ4n) is 4.29. The van der Waals surface area contributed by atoms with Crippen molar-refractivity contribution in [1.29, 1.82) is 0 Å². The Bertz CT molecular complexity index is 1100. The molecule has 168 valence electrons. The van der Waals surface area contributed by atoms with E-state index >= 15 is 0 Å². The lowest BCUT2D eigenvalue weighted by Crippen LogP contribution is -2.37. The third-order valence-corrected chi connectivity index (χ3v) is 5.85. The van der Waals surface area contributed by atoms with E-state index in [1.807, 2.05) is 35.0 Å². The number of rotatable bonds is 8. The van der Waals surface area contributed by atoms with Crippen LogP contribution in [0.15, 0.2) is 36.4 Å². The molecule has 2 aromatic carbocycles. The summed E-state index contributed by atoms with van der Waals surface area (Å²) >= 11 is 0. The molecule has 0 saturated carbocycles. The Hall–Kier alpha value is -3.62. The molecule has 0 spiro atoms. The van der Waals surface area contributed by atoms with Crippen molar-refractivity contribution >= 4 is 5.91 Å². The molecule has 0 bridgehead atoms. The van der Waals surface area contributed by atoms with Crippen molar-refractivity contribution in [2.75, 3.05) is 34.9 Å². The summed E-state index contributed by atoms with van der Waals surface area (Å²) in [5.74, 6) is 2.27. The lowest BCUT2D eigenvalue weighted by atomic mass is 9.85. The van der Waals surface area contributed by atoms with E-state index < -0.39 is 0 Å². The van der Waals surface area contributed by atoms with E-state index in [9.17, 15) is 4.79 Å². The SMILES string of the molecule is COc1cc2c(c(OC)c1OC)C(CCc1nnnn1Cc1ccccc1)CN(C)C2=O. The maximum atomic E-state index is 12.9. The van der Waals surface area contributed by atoms with Crippen LogP contribution >= 0.6 is 0 Å². The van der Waals surface area contributed by atoms with Crippen LogP contribution in [0.2, 0.25) is 0 Å². The minimum Gasteiger partial charge on any atom is -0.493 e. The number of likely N-dealkylation sites (N-methyl/N-ethyl adjacent to an activating group) is 1. The number of aryl methyl sites for hydroxylation is 1. The fourth-order valence-corrected chi connectivity index (χ4v) is 4.29. The van der Waals surface area contributed by atoms with Gasteiger partial charge in [-0.3, -0.25) is 4.79 Å². The molecule has 0 N–H and O–H groups in total. The number of carbonyl (C=O) groups is 1. The molecule has 9 nitrogen and oxygen atoms in total. The number of fused-ring (bicyclic) bond motifs is 1. The van der Waals surface area contributed by atoms with E-state index in [4.69, 9.17) is 14.2 Å². The van der Waals surface area contributed by atoms with Gasteiger partial charge in [0.15, 0.2) is 17.3 Å². The number of tetrazole rings is 1. The summed E-state index contributed by atoms with van der Waals surface area (Å²) in [5, 5.41) is 12.3. The monoisotopic (exact) mass is 437 g/mol. The van der Waals surface area contributed by atoms with Crippen molar-refractivity contribution in [3.8, 4) is 17.2 Å². The molecule has 1 aromatic heterocycles. The maximum Gasteiger partial charge on any atom is 0.254 e. The molecule has 1 atom stereocenters. The quantitative estimate of drug-likeness (QED) is 0.535. The van der Waals surface area contributed by atoms with Crippen LogP contribution in [0.25, 0.3) is 0 Å². The van der Waals surface area contributed by atoms with Gasteiger partial charge < -0.3 is 19.1 Å². The van der Waals surface area contributed by atoms with Crippen molar-refractivity contribution in [2.45, 2.75) is 25.3 Å². The normalized spacial score (nSPS) is 15.4. The number of hydrogen-bond donors (Lipinski definition) is 0. The number of amides is 1. The van der Waals surface area contributed by atoms with Gasteiger partial charge in [0.2, 0.25) is 5.75 Å². The van der Waals surface area contributed by atoms with Crippen LogP contribution in [0, 0.1) is 0 Å². The van der Waals surface area contributed by atoms with E-state index in [0.29, 0.717) is 42.3 Å². The van der Waals surface area contributed by atoms with Crippen LogP contribution in [0.5, 0.6) is 17.2 Å². The molecule has 32 heavy (non-hydrogen) atoms. The van der Waals surface area contributed by atoms with Crippen LogP contribution < -0.4 is 14.2 Å². The molecule has 2 heterocycles. The second-order valence-corrected chi connectivity index (χ2v) is 7.77. The second-order valence-electron chi connectivity index (χ2n) is 7.77. The third-order valence-electron chi connectivity index (χ3n) is 5.85. The first-order valence-electron chi connectivity index (χ1n) is 10.4. The highest BCUT2D eigenvalue weighted by atomic mass is 16.5. The molecule has 3 aromatic rings. The van der Waals surface area contributed by atoms with E-state index in [1.54, 1.807) is 39.3 Å². The van der Waals surface area contributed by atoms with Gasteiger partial charge in [-0.25, -0.2) is 4.68 Å². The lowest BCUT2D eigenvalue weighted by Gasteiger charge is -2.34. The number of nitrogens with zero attached hydrogens (tertiary/aromatic N) is 5. The third kappa shape index (κ3) is 3.98. The van der Waals surface area contributed by atoms with Gasteiger partial charge in [0, 0.05) is 31.5 Å². The highest BCUT2D eigenvalue weighted by Gasteiger charge is 2.35. The van der Waals surface area contributed by atoms with Crippen LogP contribution in [-0.2, 0) is 13.0 Å². The topological polar surface area (TPSA) is 91.6 Å². The van der Waals surface area contributed by atoms with Gasteiger partial charge in [-0.05, 0) is 28.5 Å². The highest BCUT2D eigenvalue weighted by molar-refractivity contribution is 5.99. The Morgan fingerprint density at radius 1 is 1.06 bits per heavy atom. The average Bonchev–Trinajstić information content (AvgIpc) is 3.26. The predicted octanol–water partition coefficient (Wildman–Crippen LogP) is 2.55. The Labute approximate surface area is 186 Å². The molecule has 0 saturated heterocycles. The number of carbonyl (C=O) groups excluding carboxylic acids is 1. The molecule has 1 amide bonds. The Balaban J connectivity index is 1.63. The fraction of sp³-hybridized carbons (Fsp3) is 0.391. The number of benzene rings is 2. The second kappa shape index (κ2) is 9.25. The summed E-state index contributed by atoms with van der Waals surface area (Å²) in [6.45, 7) is 1.18. The first-order valence-corrected chi connectivity index (χ1v) is 10.4. The Kier molecular flexibility index (Phi) is 6.25. The molecular formula is C23H27N5O4. The minimum atomic E-state index is -0.0654. The minimum absolute atomic E-state index is 0.0318. The van der Waals surface area contributed by atoms with E-state index in [0.717, 1.165) is 23.4 Å². The lowest BCUT2D eigenvalue weighted by molar-refractivity contribution is 0.0760. The molecule has 1 unspecified atom stereocenters.